The summed E-state index contributed by atoms with van der Waals surface area (Å²) in [5, 5.41) is 0. The summed E-state index contributed by atoms with van der Waals surface area (Å²) < 4.78 is 6.87. The van der Waals surface area contributed by atoms with Gasteiger partial charge in [0.2, 0.25) is 0 Å². The monoisotopic (exact) mass is 263 g/mol. The summed E-state index contributed by atoms with van der Waals surface area (Å²) in [4.78, 5) is 0. The standard InChI is InChI=1S/C7H5Br2O/c1-10-7-3-2-5(8)4-6(7)9/h2,4H,1H3. The third-order valence-corrected chi connectivity index (χ3v) is 2.07. The second-order valence-electron chi connectivity index (χ2n) is 1.70. The number of methoxy groups -OCH3 is 1. The van der Waals surface area contributed by atoms with Crippen LogP contribution in [0.25, 0.3) is 0 Å². The van der Waals surface area contributed by atoms with Crippen molar-refractivity contribution < 1.29 is 4.74 Å². The van der Waals surface area contributed by atoms with E-state index in [0.29, 0.717) is 0 Å². The number of hydrogen-bond donors (Lipinski definition) is 0. The smallest absolute Gasteiger partial charge is 0.141 e. The minimum atomic E-state index is 0.725. The van der Waals surface area contributed by atoms with E-state index < -0.39 is 0 Å². The summed E-state index contributed by atoms with van der Waals surface area (Å²) in [5.41, 5.74) is 0. The summed E-state index contributed by atoms with van der Waals surface area (Å²) in [6.45, 7) is 0. The molecule has 1 aromatic carbocycles. The first kappa shape index (κ1) is 8.08. The Bertz CT molecular complexity index is 235. The van der Waals surface area contributed by atoms with Crippen molar-refractivity contribution in [2.24, 2.45) is 0 Å². The van der Waals surface area contributed by atoms with Gasteiger partial charge in [0.05, 0.1) is 11.6 Å². The molecule has 0 aliphatic rings. The molecule has 1 radical (unpaired) electrons. The predicted molar refractivity (Wildman–Crippen MR) is 47.2 cm³/mol. The molecule has 0 heterocycles. The highest BCUT2D eigenvalue weighted by Crippen LogP contribution is 2.26. The maximum absolute atomic E-state index is 4.98. The highest BCUT2D eigenvalue weighted by Gasteiger charge is 1.98. The molecule has 0 aromatic heterocycles. The first-order valence-corrected chi connectivity index (χ1v) is 4.23. The van der Waals surface area contributed by atoms with E-state index in [1.807, 2.05) is 12.1 Å². The zero-order valence-corrected chi connectivity index (χ0v) is 8.49. The first-order valence-electron chi connectivity index (χ1n) is 2.65. The molecule has 1 rings (SSSR count). The van der Waals surface area contributed by atoms with Gasteiger partial charge in [0.1, 0.15) is 5.75 Å². The normalized spacial score (nSPS) is 9.50. The Hall–Kier alpha value is -0.0200. The molecule has 1 aromatic rings. The van der Waals surface area contributed by atoms with Crippen molar-refractivity contribution in [3.63, 3.8) is 0 Å². The van der Waals surface area contributed by atoms with Crippen molar-refractivity contribution in [2.45, 2.75) is 0 Å². The van der Waals surface area contributed by atoms with Crippen LogP contribution in [0.1, 0.15) is 0 Å². The Morgan fingerprint density at radius 3 is 2.70 bits per heavy atom. The van der Waals surface area contributed by atoms with Crippen LogP contribution in [0, 0.1) is 6.07 Å². The van der Waals surface area contributed by atoms with Gasteiger partial charge in [0.25, 0.3) is 0 Å². The highest BCUT2D eigenvalue weighted by molar-refractivity contribution is 9.11. The van der Waals surface area contributed by atoms with E-state index >= 15 is 0 Å². The topological polar surface area (TPSA) is 9.23 Å². The molecule has 0 atom stereocenters. The Kier molecular flexibility index (Phi) is 2.74. The van der Waals surface area contributed by atoms with Crippen molar-refractivity contribution >= 4 is 31.9 Å². The summed E-state index contributed by atoms with van der Waals surface area (Å²) >= 11 is 6.63. The van der Waals surface area contributed by atoms with Crippen LogP contribution in [0.5, 0.6) is 5.75 Å². The number of ether oxygens (including phenoxy) is 1. The number of benzene rings is 1. The predicted octanol–water partition coefficient (Wildman–Crippen LogP) is 3.02. The molecule has 0 bridgehead atoms. The molecule has 53 valence electrons. The lowest BCUT2D eigenvalue weighted by Crippen LogP contribution is -1.83. The Morgan fingerprint density at radius 1 is 1.50 bits per heavy atom. The fraction of sp³-hybridized carbons (Fsp3) is 0.143. The molecule has 3 heteroatoms. The van der Waals surface area contributed by atoms with Gasteiger partial charge in [-0.1, -0.05) is 15.9 Å². The third kappa shape index (κ3) is 1.73. The van der Waals surface area contributed by atoms with Gasteiger partial charge in [-0.2, -0.15) is 0 Å². The van der Waals surface area contributed by atoms with Gasteiger partial charge < -0.3 is 4.74 Å². The summed E-state index contributed by atoms with van der Waals surface area (Å²) in [5.74, 6) is 0.725. The van der Waals surface area contributed by atoms with Gasteiger partial charge >= 0.3 is 0 Å². The molecule has 0 aliphatic heterocycles. The van der Waals surface area contributed by atoms with Gasteiger partial charge in [-0.3, -0.25) is 0 Å². The van der Waals surface area contributed by atoms with Crippen LogP contribution in [0.2, 0.25) is 0 Å². The van der Waals surface area contributed by atoms with E-state index in [-0.39, 0.29) is 0 Å². The quantitative estimate of drug-likeness (QED) is 0.758. The van der Waals surface area contributed by atoms with E-state index in [1.54, 1.807) is 7.11 Å². The number of rotatable bonds is 1. The first-order chi connectivity index (χ1) is 4.74. The van der Waals surface area contributed by atoms with Crippen LogP contribution in [-0.2, 0) is 0 Å². The average molecular weight is 265 g/mol. The fourth-order valence-corrected chi connectivity index (χ4v) is 1.76. The highest BCUT2D eigenvalue weighted by atomic mass is 79.9. The van der Waals surface area contributed by atoms with Gasteiger partial charge in [-0.05, 0) is 28.1 Å². The second-order valence-corrected chi connectivity index (χ2v) is 3.47. The maximum atomic E-state index is 4.98. The van der Waals surface area contributed by atoms with Gasteiger partial charge in [0.15, 0.2) is 0 Å². The van der Waals surface area contributed by atoms with Gasteiger partial charge in [0, 0.05) is 10.5 Å². The summed E-state index contributed by atoms with van der Waals surface area (Å²) in [6.07, 6.45) is 0. The Balaban J connectivity index is 3.07. The molecule has 0 unspecified atom stereocenters. The molecular formula is C7H5Br2O. The number of hydrogen-bond acceptors (Lipinski definition) is 1. The Morgan fingerprint density at radius 2 is 2.20 bits per heavy atom. The van der Waals surface area contributed by atoms with Crippen LogP contribution >= 0.6 is 31.9 Å². The Labute approximate surface area is 76.6 Å². The van der Waals surface area contributed by atoms with E-state index in [9.17, 15) is 0 Å². The minimum absolute atomic E-state index is 0.725. The molecule has 0 amide bonds. The zero-order valence-electron chi connectivity index (χ0n) is 5.32. The van der Waals surface area contributed by atoms with Crippen molar-refractivity contribution in [3.8, 4) is 5.75 Å². The molecule has 0 fully saturated rings. The average Bonchev–Trinajstić information content (AvgIpc) is 1.88. The molecular weight excluding hydrogens is 260 g/mol. The van der Waals surface area contributed by atoms with Crippen molar-refractivity contribution in [1.29, 1.82) is 0 Å². The maximum Gasteiger partial charge on any atom is 0.141 e. The second kappa shape index (κ2) is 3.39. The molecule has 0 aliphatic carbocycles. The fourth-order valence-electron chi connectivity index (χ4n) is 0.588. The number of halogens is 2. The largest absolute Gasteiger partial charge is 0.495 e. The molecule has 1 nitrogen and oxygen atoms in total. The minimum Gasteiger partial charge on any atom is -0.495 e. The van der Waals surface area contributed by atoms with Gasteiger partial charge in [-0.15, -0.1) is 0 Å². The van der Waals surface area contributed by atoms with Crippen molar-refractivity contribution in [2.75, 3.05) is 7.11 Å². The molecule has 0 N–H and O–H groups in total. The lowest BCUT2D eigenvalue weighted by Gasteiger charge is -2.00. The lowest BCUT2D eigenvalue weighted by atomic mass is 10.3. The molecule has 0 spiro atoms. The van der Waals surface area contributed by atoms with Crippen molar-refractivity contribution in [3.05, 3.63) is 27.1 Å². The third-order valence-electron chi connectivity index (χ3n) is 1.03. The van der Waals surface area contributed by atoms with Crippen LogP contribution < -0.4 is 4.74 Å². The van der Waals surface area contributed by atoms with Crippen molar-refractivity contribution in [1.82, 2.24) is 0 Å². The van der Waals surface area contributed by atoms with Crippen LogP contribution in [0.3, 0.4) is 0 Å². The molecule has 0 saturated heterocycles. The lowest BCUT2D eigenvalue weighted by molar-refractivity contribution is 0.411. The van der Waals surface area contributed by atoms with Crippen LogP contribution in [0.4, 0.5) is 0 Å². The van der Waals surface area contributed by atoms with E-state index in [0.717, 1.165) is 14.7 Å². The SMILES string of the molecule is COc1[c]cc(Br)cc1Br. The van der Waals surface area contributed by atoms with E-state index in [1.165, 1.54) is 0 Å². The molecule has 10 heavy (non-hydrogen) atoms. The van der Waals surface area contributed by atoms with Crippen LogP contribution in [0.15, 0.2) is 21.1 Å². The zero-order chi connectivity index (χ0) is 7.56. The molecule has 0 saturated carbocycles. The van der Waals surface area contributed by atoms with Gasteiger partial charge in [-0.25, -0.2) is 0 Å². The van der Waals surface area contributed by atoms with Crippen LogP contribution in [-0.4, -0.2) is 7.11 Å². The summed E-state index contributed by atoms with van der Waals surface area (Å²) in [7, 11) is 1.62. The summed E-state index contributed by atoms with van der Waals surface area (Å²) in [6, 6.07) is 6.66. The van der Waals surface area contributed by atoms with E-state index in [2.05, 4.69) is 37.9 Å². The van der Waals surface area contributed by atoms with E-state index in [4.69, 9.17) is 4.74 Å².